The molecule has 3 aromatic heterocycles. The zero-order valence-electron chi connectivity index (χ0n) is 14.4. The maximum absolute atomic E-state index is 9.70. The lowest BCUT2D eigenvalue weighted by atomic mass is 10.1. The molecule has 3 heterocycles. The van der Waals surface area contributed by atoms with Crippen LogP contribution in [0.5, 0.6) is 5.75 Å². The Hall–Kier alpha value is -3.98. The van der Waals surface area contributed by atoms with Gasteiger partial charge in [-0.1, -0.05) is 0 Å². The molecule has 132 valence electrons. The van der Waals surface area contributed by atoms with Gasteiger partial charge in [0.2, 0.25) is 5.88 Å². The molecule has 4 aromatic rings. The largest absolute Gasteiger partial charge is 0.497 e. The summed E-state index contributed by atoms with van der Waals surface area (Å²) in [6.45, 7) is 0. The van der Waals surface area contributed by atoms with Crippen LogP contribution in [-0.2, 0) is 0 Å². The van der Waals surface area contributed by atoms with E-state index in [0.717, 1.165) is 11.3 Å². The van der Waals surface area contributed by atoms with Crippen molar-refractivity contribution in [2.75, 3.05) is 7.11 Å². The fourth-order valence-electron chi connectivity index (χ4n) is 2.67. The molecular formula is C21H14N2O4. The van der Waals surface area contributed by atoms with Gasteiger partial charge in [-0.05, 0) is 54.1 Å². The first-order chi connectivity index (χ1) is 13.3. The van der Waals surface area contributed by atoms with E-state index in [-0.39, 0.29) is 11.4 Å². The summed E-state index contributed by atoms with van der Waals surface area (Å²) in [4.78, 5) is 4.37. The van der Waals surface area contributed by atoms with Crippen LogP contribution in [0.15, 0.2) is 79.3 Å². The van der Waals surface area contributed by atoms with Crippen molar-refractivity contribution in [3.8, 4) is 34.7 Å². The minimum absolute atomic E-state index is 0.186. The molecule has 0 aliphatic carbocycles. The zero-order valence-corrected chi connectivity index (χ0v) is 14.4. The highest BCUT2D eigenvalue weighted by atomic mass is 16.5. The minimum atomic E-state index is 0.186. The minimum Gasteiger partial charge on any atom is -0.497 e. The number of hydrogen-bond donors (Lipinski definition) is 0. The zero-order chi connectivity index (χ0) is 18.6. The standard InChI is InChI=1S/C21H14N2O4/c1-24-15-8-6-14(7-9-15)13-23-21-16(12-22)19(17-4-2-10-25-17)20(27-21)18-5-3-11-26-18/h2-11,13H,1H3/b23-13+. The molecule has 0 N–H and O–H groups in total. The molecule has 0 radical (unpaired) electrons. The van der Waals surface area contributed by atoms with Crippen molar-refractivity contribution in [3.63, 3.8) is 0 Å². The van der Waals surface area contributed by atoms with E-state index >= 15 is 0 Å². The van der Waals surface area contributed by atoms with E-state index in [0.29, 0.717) is 22.8 Å². The Morgan fingerprint density at radius 3 is 2.30 bits per heavy atom. The molecular weight excluding hydrogens is 344 g/mol. The van der Waals surface area contributed by atoms with Gasteiger partial charge in [0, 0.05) is 6.21 Å². The van der Waals surface area contributed by atoms with Crippen LogP contribution >= 0.6 is 0 Å². The van der Waals surface area contributed by atoms with Gasteiger partial charge in [0.05, 0.1) is 25.2 Å². The summed E-state index contributed by atoms with van der Waals surface area (Å²) in [5, 5.41) is 9.70. The number of nitriles is 1. The van der Waals surface area contributed by atoms with Gasteiger partial charge in [0.15, 0.2) is 11.5 Å². The van der Waals surface area contributed by atoms with E-state index in [9.17, 15) is 5.26 Å². The van der Waals surface area contributed by atoms with E-state index in [1.165, 1.54) is 12.5 Å². The molecule has 0 saturated heterocycles. The smallest absolute Gasteiger partial charge is 0.238 e. The Labute approximate surface area is 154 Å². The maximum Gasteiger partial charge on any atom is 0.238 e. The maximum atomic E-state index is 9.70. The number of furan rings is 3. The van der Waals surface area contributed by atoms with Crippen molar-refractivity contribution < 1.29 is 18.0 Å². The van der Waals surface area contributed by atoms with Gasteiger partial charge >= 0.3 is 0 Å². The van der Waals surface area contributed by atoms with Crippen LogP contribution in [0.4, 0.5) is 5.88 Å². The third kappa shape index (κ3) is 3.14. The van der Waals surface area contributed by atoms with Crippen molar-refractivity contribution in [2.45, 2.75) is 0 Å². The summed E-state index contributed by atoms with van der Waals surface area (Å²) in [6.07, 6.45) is 4.70. The van der Waals surface area contributed by atoms with Crippen LogP contribution in [0.3, 0.4) is 0 Å². The van der Waals surface area contributed by atoms with Gasteiger partial charge in [0.1, 0.15) is 23.1 Å². The number of hydrogen-bond acceptors (Lipinski definition) is 6. The number of benzene rings is 1. The second-order valence-electron chi connectivity index (χ2n) is 5.58. The fraction of sp³-hybridized carbons (Fsp3) is 0.0476. The highest BCUT2D eigenvalue weighted by Gasteiger charge is 2.25. The van der Waals surface area contributed by atoms with Gasteiger partial charge in [-0.25, -0.2) is 4.99 Å². The van der Waals surface area contributed by atoms with Gasteiger partial charge < -0.3 is 18.0 Å². The van der Waals surface area contributed by atoms with E-state index in [1.54, 1.807) is 37.6 Å². The molecule has 0 fully saturated rings. The lowest BCUT2D eigenvalue weighted by Crippen LogP contribution is -1.84. The highest BCUT2D eigenvalue weighted by molar-refractivity contribution is 5.87. The molecule has 0 unspecified atom stereocenters. The summed E-state index contributed by atoms with van der Waals surface area (Å²) < 4.78 is 21.9. The topological polar surface area (TPSA) is 84.8 Å². The van der Waals surface area contributed by atoms with Gasteiger partial charge in [-0.15, -0.1) is 0 Å². The first kappa shape index (κ1) is 16.5. The van der Waals surface area contributed by atoms with Crippen molar-refractivity contribution in [1.29, 1.82) is 5.26 Å². The molecule has 0 atom stereocenters. The molecule has 0 spiro atoms. The molecule has 0 amide bonds. The summed E-state index contributed by atoms with van der Waals surface area (Å²) in [5.41, 5.74) is 1.63. The van der Waals surface area contributed by atoms with Crippen LogP contribution in [-0.4, -0.2) is 13.3 Å². The van der Waals surface area contributed by atoms with Crippen molar-refractivity contribution >= 4 is 12.1 Å². The number of methoxy groups -OCH3 is 1. The number of ether oxygens (including phenoxy) is 1. The van der Waals surface area contributed by atoms with Crippen LogP contribution in [0.1, 0.15) is 11.1 Å². The molecule has 0 aliphatic heterocycles. The second kappa shape index (κ2) is 7.10. The first-order valence-electron chi connectivity index (χ1n) is 8.13. The number of rotatable bonds is 5. The molecule has 6 nitrogen and oxygen atoms in total. The summed E-state index contributed by atoms with van der Waals surface area (Å²) in [5.74, 6) is 2.33. The highest BCUT2D eigenvalue weighted by Crippen LogP contribution is 2.42. The van der Waals surface area contributed by atoms with E-state index in [2.05, 4.69) is 11.1 Å². The molecule has 6 heteroatoms. The summed E-state index contributed by atoms with van der Waals surface area (Å²) >= 11 is 0. The van der Waals surface area contributed by atoms with Crippen LogP contribution in [0.2, 0.25) is 0 Å². The Kier molecular flexibility index (Phi) is 4.33. The molecule has 0 aliphatic rings. The van der Waals surface area contributed by atoms with Gasteiger partial charge in [-0.2, -0.15) is 5.26 Å². The molecule has 1 aromatic carbocycles. The second-order valence-corrected chi connectivity index (χ2v) is 5.58. The molecule has 27 heavy (non-hydrogen) atoms. The van der Waals surface area contributed by atoms with Crippen LogP contribution < -0.4 is 4.74 Å². The Balaban J connectivity index is 1.80. The third-order valence-corrected chi connectivity index (χ3v) is 3.96. The Morgan fingerprint density at radius 1 is 1.00 bits per heavy atom. The van der Waals surface area contributed by atoms with Crippen molar-refractivity contribution in [2.24, 2.45) is 4.99 Å². The summed E-state index contributed by atoms with van der Waals surface area (Å²) in [6, 6.07) is 16.5. The number of nitrogens with zero attached hydrogens (tertiary/aromatic N) is 2. The molecule has 0 saturated carbocycles. The van der Waals surface area contributed by atoms with Crippen molar-refractivity contribution in [3.05, 3.63) is 72.2 Å². The quantitative estimate of drug-likeness (QED) is 0.444. The van der Waals surface area contributed by atoms with Gasteiger partial charge in [-0.3, -0.25) is 0 Å². The lowest BCUT2D eigenvalue weighted by molar-refractivity contribution is 0.415. The Bertz CT molecular complexity index is 1100. The number of aliphatic imine (C=N–C) groups is 1. The average molecular weight is 358 g/mol. The molecule has 0 bridgehead atoms. The molecule has 4 rings (SSSR count). The predicted molar refractivity (Wildman–Crippen MR) is 99.1 cm³/mol. The van der Waals surface area contributed by atoms with E-state index in [1.807, 2.05) is 24.3 Å². The van der Waals surface area contributed by atoms with E-state index < -0.39 is 0 Å². The first-order valence-corrected chi connectivity index (χ1v) is 8.13. The fourth-order valence-corrected chi connectivity index (χ4v) is 2.67. The average Bonchev–Trinajstić information content (AvgIpc) is 3.46. The van der Waals surface area contributed by atoms with Crippen molar-refractivity contribution in [1.82, 2.24) is 0 Å². The van der Waals surface area contributed by atoms with E-state index in [4.69, 9.17) is 18.0 Å². The Morgan fingerprint density at radius 2 is 1.70 bits per heavy atom. The summed E-state index contributed by atoms with van der Waals surface area (Å²) in [7, 11) is 1.61. The lowest BCUT2D eigenvalue weighted by Gasteiger charge is -1.98. The third-order valence-electron chi connectivity index (χ3n) is 3.96. The SMILES string of the molecule is COc1ccc(/C=N/c2oc(-c3ccco3)c(-c3ccco3)c2C#N)cc1. The van der Waals surface area contributed by atoms with Gasteiger partial charge in [0.25, 0.3) is 0 Å². The van der Waals surface area contributed by atoms with Crippen LogP contribution in [0.25, 0.3) is 22.8 Å². The normalized spacial score (nSPS) is 11.0. The predicted octanol–water partition coefficient (Wildman–Crippen LogP) is 5.43. The van der Waals surface area contributed by atoms with Crippen LogP contribution in [0, 0.1) is 11.3 Å². The monoisotopic (exact) mass is 358 g/mol.